The first kappa shape index (κ1) is 14.9. The number of rotatable bonds is 4. The Labute approximate surface area is 124 Å². The minimum atomic E-state index is -0.134. The number of nitrogens with one attached hydrogen (secondary N) is 1. The highest BCUT2D eigenvalue weighted by Crippen LogP contribution is 2.18. The summed E-state index contributed by atoms with van der Waals surface area (Å²) < 4.78 is 5.12. The predicted molar refractivity (Wildman–Crippen MR) is 84.5 cm³/mol. The molecule has 1 unspecified atom stereocenters. The van der Waals surface area contributed by atoms with E-state index >= 15 is 0 Å². The van der Waals surface area contributed by atoms with Crippen molar-refractivity contribution >= 4 is 11.6 Å². The van der Waals surface area contributed by atoms with Gasteiger partial charge in [0.1, 0.15) is 5.75 Å². The Morgan fingerprint density at radius 3 is 2.43 bits per heavy atom. The van der Waals surface area contributed by atoms with Gasteiger partial charge in [-0.25, -0.2) is 0 Å². The summed E-state index contributed by atoms with van der Waals surface area (Å²) in [7, 11) is 1.63. The highest BCUT2D eigenvalue weighted by Gasteiger charge is 2.12. The number of amides is 1. The second-order valence-electron chi connectivity index (χ2n) is 5.04. The second kappa shape index (κ2) is 6.31. The normalized spacial score (nSPS) is 11.8. The maximum atomic E-state index is 12.2. The van der Waals surface area contributed by atoms with Gasteiger partial charge in [0.25, 0.3) is 5.91 Å². The first-order chi connectivity index (χ1) is 10.0. The molecule has 0 aliphatic heterocycles. The lowest BCUT2D eigenvalue weighted by Gasteiger charge is -2.15. The molecule has 4 heteroatoms. The van der Waals surface area contributed by atoms with Crippen LogP contribution >= 0.6 is 0 Å². The predicted octanol–water partition coefficient (Wildman–Crippen LogP) is 3.08. The van der Waals surface area contributed by atoms with E-state index in [1.807, 2.05) is 44.2 Å². The molecule has 2 aromatic carbocycles. The Balaban J connectivity index is 2.08. The zero-order valence-electron chi connectivity index (χ0n) is 12.5. The molecule has 0 saturated carbocycles. The number of methoxy groups -OCH3 is 1. The van der Waals surface area contributed by atoms with Crippen molar-refractivity contribution in [2.75, 3.05) is 12.8 Å². The standard InChI is InChI=1S/C17H20N2O2/c1-11-4-5-14(10-16(11)18)17(20)19-12(2)13-6-8-15(21-3)9-7-13/h4-10,12H,18H2,1-3H3,(H,19,20). The number of benzene rings is 2. The van der Waals surface area contributed by atoms with Crippen molar-refractivity contribution in [2.24, 2.45) is 0 Å². The number of anilines is 1. The van der Waals surface area contributed by atoms with E-state index in [9.17, 15) is 4.79 Å². The lowest BCUT2D eigenvalue weighted by Crippen LogP contribution is -2.26. The van der Waals surface area contributed by atoms with Crippen LogP contribution in [0.25, 0.3) is 0 Å². The average Bonchev–Trinajstić information content (AvgIpc) is 2.50. The number of carbonyl (C=O) groups excluding carboxylic acids is 1. The van der Waals surface area contributed by atoms with Crippen LogP contribution in [0.15, 0.2) is 42.5 Å². The Morgan fingerprint density at radius 2 is 1.86 bits per heavy atom. The van der Waals surface area contributed by atoms with Gasteiger partial charge in [-0.2, -0.15) is 0 Å². The van der Waals surface area contributed by atoms with Crippen LogP contribution in [0, 0.1) is 6.92 Å². The fourth-order valence-electron chi connectivity index (χ4n) is 2.04. The molecule has 2 rings (SSSR count). The van der Waals surface area contributed by atoms with Gasteiger partial charge in [-0.15, -0.1) is 0 Å². The summed E-state index contributed by atoms with van der Waals surface area (Å²) >= 11 is 0. The van der Waals surface area contributed by atoms with E-state index in [1.165, 1.54) is 0 Å². The number of hydrogen-bond acceptors (Lipinski definition) is 3. The first-order valence-corrected chi connectivity index (χ1v) is 6.82. The zero-order chi connectivity index (χ0) is 15.4. The summed E-state index contributed by atoms with van der Waals surface area (Å²) in [6.07, 6.45) is 0. The van der Waals surface area contributed by atoms with Crippen molar-refractivity contribution < 1.29 is 9.53 Å². The summed E-state index contributed by atoms with van der Waals surface area (Å²) in [6.45, 7) is 3.86. The van der Waals surface area contributed by atoms with Gasteiger partial charge in [0.05, 0.1) is 13.2 Å². The molecule has 3 N–H and O–H groups in total. The van der Waals surface area contributed by atoms with Crippen molar-refractivity contribution in [1.29, 1.82) is 0 Å². The molecule has 1 amide bonds. The number of nitrogen functional groups attached to an aromatic ring is 1. The largest absolute Gasteiger partial charge is 0.497 e. The van der Waals surface area contributed by atoms with Gasteiger partial charge >= 0.3 is 0 Å². The van der Waals surface area contributed by atoms with Crippen LogP contribution in [-0.2, 0) is 0 Å². The Hall–Kier alpha value is -2.49. The summed E-state index contributed by atoms with van der Waals surface area (Å²) in [6, 6.07) is 12.9. The molecule has 0 fully saturated rings. The molecule has 0 aliphatic carbocycles. The average molecular weight is 284 g/mol. The second-order valence-corrected chi connectivity index (χ2v) is 5.04. The molecule has 0 radical (unpaired) electrons. The van der Waals surface area contributed by atoms with E-state index in [2.05, 4.69) is 5.32 Å². The molecular weight excluding hydrogens is 264 g/mol. The van der Waals surface area contributed by atoms with Gasteiger partial charge in [-0.3, -0.25) is 4.79 Å². The van der Waals surface area contributed by atoms with Gasteiger partial charge < -0.3 is 15.8 Å². The quantitative estimate of drug-likeness (QED) is 0.848. The summed E-state index contributed by atoms with van der Waals surface area (Å²) in [5.74, 6) is 0.661. The first-order valence-electron chi connectivity index (χ1n) is 6.82. The molecule has 0 bridgehead atoms. The molecule has 0 aromatic heterocycles. The minimum Gasteiger partial charge on any atom is -0.497 e. The summed E-state index contributed by atoms with van der Waals surface area (Å²) in [5.41, 5.74) is 9.02. The summed E-state index contributed by atoms with van der Waals surface area (Å²) in [4.78, 5) is 12.2. The molecule has 21 heavy (non-hydrogen) atoms. The van der Waals surface area contributed by atoms with Crippen molar-refractivity contribution in [3.8, 4) is 5.75 Å². The topological polar surface area (TPSA) is 64.3 Å². The van der Waals surface area contributed by atoms with Crippen molar-refractivity contribution in [1.82, 2.24) is 5.32 Å². The van der Waals surface area contributed by atoms with Crippen molar-refractivity contribution in [3.05, 3.63) is 59.2 Å². The van der Waals surface area contributed by atoms with Crippen LogP contribution in [0.1, 0.15) is 34.5 Å². The molecular formula is C17H20N2O2. The summed E-state index contributed by atoms with van der Waals surface area (Å²) in [5, 5.41) is 2.96. The SMILES string of the molecule is COc1ccc(C(C)NC(=O)c2ccc(C)c(N)c2)cc1. The minimum absolute atomic E-state index is 0.0917. The van der Waals surface area contributed by atoms with Gasteiger partial charge in [0.2, 0.25) is 0 Å². The highest BCUT2D eigenvalue weighted by atomic mass is 16.5. The molecule has 0 heterocycles. The highest BCUT2D eigenvalue weighted by molar-refractivity contribution is 5.95. The zero-order valence-corrected chi connectivity index (χ0v) is 12.5. The fraction of sp³-hybridized carbons (Fsp3) is 0.235. The maximum absolute atomic E-state index is 12.2. The molecule has 4 nitrogen and oxygen atoms in total. The van der Waals surface area contributed by atoms with E-state index in [1.54, 1.807) is 19.2 Å². The molecule has 0 spiro atoms. The smallest absolute Gasteiger partial charge is 0.251 e. The van der Waals surface area contributed by atoms with Gasteiger partial charge in [-0.1, -0.05) is 18.2 Å². The number of aryl methyl sites for hydroxylation is 1. The van der Waals surface area contributed by atoms with Crippen LogP contribution in [0.4, 0.5) is 5.69 Å². The number of carbonyl (C=O) groups is 1. The molecule has 0 aliphatic rings. The van der Waals surface area contributed by atoms with E-state index in [0.717, 1.165) is 16.9 Å². The fourth-order valence-corrected chi connectivity index (χ4v) is 2.04. The van der Waals surface area contributed by atoms with E-state index < -0.39 is 0 Å². The van der Waals surface area contributed by atoms with Crippen LogP contribution in [0.5, 0.6) is 5.75 Å². The van der Waals surface area contributed by atoms with Crippen molar-refractivity contribution in [2.45, 2.75) is 19.9 Å². The third-order valence-electron chi connectivity index (χ3n) is 3.50. The molecule has 2 aromatic rings. The monoisotopic (exact) mass is 284 g/mol. The Kier molecular flexibility index (Phi) is 4.48. The van der Waals surface area contributed by atoms with Crippen LogP contribution in [-0.4, -0.2) is 13.0 Å². The molecule has 0 saturated heterocycles. The van der Waals surface area contributed by atoms with E-state index in [4.69, 9.17) is 10.5 Å². The third-order valence-corrected chi connectivity index (χ3v) is 3.50. The Morgan fingerprint density at radius 1 is 1.19 bits per heavy atom. The van der Waals surface area contributed by atoms with E-state index in [-0.39, 0.29) is 11.9 Å². The molecule has 1 atom stereocenters. The van der Waals surface area contributed by atoms with E-state index in [0.29, 0.717) is 11.3 Å². The number of ether oxygens (including phenoxy) is 1. The van der Waals surface area contributed by atoms with Gasteiger partial charge in [0.15, 0.2) is 0 Å². The number of nitrogens with two attached hydrogens (primary N) is 1. The van der Waals surface area contributed by atoms with Gasteiger partial charge in [-0.05, 0) is 49.2 Å². The Bertz CT molecular complexity index is 636. The number of hydrogen-bond donors (Lipinski definition) is 2. The molecule has 110 valence electrons. The van der Waals surface area contributed by atoms with Crippen molar-refractivity contribution in [3.63, 3.8) is 0 Å². The lowest BCUT2D eigenvalue weighted by molar-refractivity contribution is 0.0940. The third kappa shape index (κ3) is 3.54. The van der Waals surface area contributed by atoms with Crippen LogP contribution in [0.2, 0.25) is 0 Å². The maximum Gasteiger partial charge on any atom is 0.251 e. The van der Waals surface area contributed by atoms with Crippen LogP contribution in [0.3, 0.4) is 0 Å². The van der Waals surface area contributed by atoms with Gasteiger partial charge in [0, 0.05) is 11.3 Å². The lowest BCUT2D eigenvalue weighted by atomic mass is 10.1. The van der Waals surface area contributed by atoms with Crippen LogP contribution < -0.4 is 15.8 Å².